The summed E-state index contributed by atoms with van der Waals surface area (Å²) in [6, 6.07) is 7.71. The molecule has 0 aliphatic rings. The number of primary amides is 1. The minimum atomic E-state index is -0.681. The number of nitrogens with zero attached hydrogens (tertiary/aromatic N) is 2. The van der Waals surface area contributed by atoms with Crippen LogP contribution >= 0.6 is 0 Å². The number of anilines is 2. The van der Waals surface area contributed by atoms with Gasteiger partial charge in [-0.3, -0.25) is 0 Å². The molecular formula is C14H13N5O3. The quantitative estimate of drug-likeness (QED) is 0.732. The molecule has 0 bridgehead atoms. The van der Waals surface area contributed by atoms with E-state index in [1.54, 1.807) is 24.3 Å². The number of carbonyl (C=O) groups excluding carboxylic acids is 2. The Kier molecular flexibility index (Phi) is 3.99. The van der Waals surface area contributed by atoms with Gasteiger partial charge in [-0.2, -0.15) is 5.26 Å². The number of nitrogens with one attached hydrogen (secondary N) is 1. The summed E-state index contributed by atoms with van der Waals surface area (Å²) in [5.41, 5.74) is 12.2. The molecule has 2 amide bonds. The van der Waals surface area contributed by atoms with E-state index in [-0.39, 0.29) is 16.9 Å². The summed E-state index contributed by atoms with van der Waals surface area (Å²) in [7, 11) is 1.23. The van der Waals surface area contributed by atoms with Crippen LogP contribution in [-0.4, -0.2) is 23.7 Å². The zero-order valence-electron chi connectivity index (χ0n) is 11.7. The number of amides is 2. The normalized spacial score (nSPS) is 9.82. The first kappa shape index (κ1) is 14.9. The van der Waals surface area contributed by atoms with Gasteiger partial charge in [0.05, 0.1) is 18.4 Å². The molecule has 0 aliphatic carbocycles. The molecule has 112 valence electrons. The number of hydrogen-bond acceptors (Lipinski definition) is 5. The molecule has 1 aromatic heterocycles. The molecule has 8 nitrogen and oxygen atoms in total. The van der Waals surface area contributed by atoms with Gasteiger partial charge in [0.15, 0.2) is 5.69 Å². The van der Waals surface area contributed by atoms with Gasteiger partial charge in [0, 0.05) is 17.6 Å². The van der Waals surface area contributed by atoms with E-state index in [1.807, 2.05) is 6.07 Å². The molecule has 1 aromatic carbocycles. The lowest BCUT2D eigenvalue weighted by atomic mass is 10.2. The summed E-state index contributed by atoms with van der Waals surface area (Å²) in [5.74, 6) is -0.654. The molecule has 2 rings (SSSR count). The van der Waals surface area contributed by atoms with Gasteiger partial charge in [0.25, 0.3) is 0 Å². The Labute approximate surface area is 125 Å². The molecule has 2 aromatic rings. The number of hydrogen-bond donors (Lipinski definition) is 3. The number of carbonyl (C=O) groups is 2. The predicted molar refractivity (Wildman–Crippen MR) is 79.4 cm³/mol. The van der Waals surface area contributed by atoms with Crippen LogP contribution in [0, 0.1) is 11.3 Å². The fraction of sp³-hybridized carbons (Fsp3) is 0.0714. The van der Waals surface area contributed by atoms with Crippen molar-refractivity contribution < 1.29 is 14.3 Å². The lowest BCUT2D eigenvalue weighted by Crippen LogP contribution is -2.19. The highest BCUT2D eigenvalue weighted by Gasteiger charge is 2.21. The third kappa shape index (κ3) is 2.69. The van der Waals surface area contributed by atoms with E-state index in [0.29, 0.717) is 11.4 Å². The molecule has 0 atom stereocenters. The van der Waals surface area contributed by atoms with Crippen LogP contribution in [0.25, 0.3) is 5.69 Å². The second-order valence-corrected chi connectivity index (χ2v) is 4.31. The molecule has 22 heavy (non-hydrogen) atoms. The van der Waals surface area contributed by atoms with Crippen LogP contribution in [0.4, 0.5) is 16.2 Å². The molecule has 0 saturated heterocycles. The van der Waals surface area contributed by atoms with Gasteiger partial charge in [-0.1, -0.05) is 0 Å². The van der Waals surface area contributed by atoms with Gasteiger partial charge in [-0.05, 0) is 24.3 Å². The smallest absolute Gasteiger partial charge is 0.357 e. The largest absolute Gasteiger partial charge is 0.464 e. The Morgan fingerprint density at radius 3 is 2.45 bits per heavy atom. The summed E-state index contributed by atoms with van der Waals surface area (Å²) < 4.78 is 6.14. The molecule has 1 heterocycles. The molecule has 5 N–H and O–H groups in total. The van der Waals surface area contributed by atoms with Crippen LogP contribution in [0.1, 0.15) is 16.1 Å². The molecule has 0 aliphatic heterocycles. The van der Waals surface area contributed by atoms with Gasteiger partial charge in [0.2, 0.25) is 0 Å². The van der Waals surface area contributed by atoms with Crippen LogP contribution in [0.15, 0.2) is 30.5 Å². The fourth-order valence-electron chi connectivity index (χ4n) is 1.97. The number of nitrogen functional groups attached to an aromatic ring is 1. The topological polar surface area (TPSA) is 136 Å². The highest BCUT2D eigenvalue weighted by atomic mass is 16.5. The van der Waals surface area contributed by atoms with Crippen molar-refractivity contribution in [2.24, 2.45) is 5.73 Å². The van der Waals surface area contributed by atoms with Crippen LogP contribution in [0.3, 0.4) is 0 Å². The number of ether oxygens (including phenoxy) is 1. The summed E-state index contributed by atoms with van der Waals surface area (Å²) >= 11 is 0. The van der Waals surface area contributed by atoms with Gasteiger partial charge >= 0.3 is 12.0 Å². The van der Waals surface area contributed by atoms with Crippen LogP contribution in [0.5, 0.6) is 0 Å². The van der Waals surface area contributed by atoms with Gasteiger partial charge in [0.1, 0.15) is 6.07 Å². The summed E-state index contributed by atoms with van der Waals surface area (Å²) in [6.07, 6.45) is 1.44. The van der Waals surface area contributed by atoms with E-state index in [1.165, 1.54) is 17.9 Å². The highest BCUT2D eigenvalue weighted by molar-refractivity contribution is 5.96. The summed E-state index contributed by atoms with van der Waals surface area (Å²) in [4.78, 5) is 22.6. The zero-order chi connectivity index (χ0) is 16.3. The SMILES string of the molecule is COC(=O)c1c(N)c(C#N)cn1-c1ccc(NC(N)=O)cc1. The maximum absolute atomic E-state index is 11.9. The predicted octanol–water partition coefficient (Wildman–Crippen LogP) is 1.21. The number of benzene rings is 1. The van der Waals surface area contributed by atoms with Crippen LogP contribution in [0.2, 0.25) is 0 Å². The number of esters is 1. The van der Waals surface area contributed by atoms with Crippen molar-refractivity contribution in [3.8, 4) is 11.8 Å². The first-order valence-electron chi connectivity index (χ1n) is 6.14. The molecule has 8 heteroatoms. The molecule has 0 unspecified atom stereocenters. The van der Waals surface area contributed by atoms with E-state index < -0.39 is 12.0 Å². The van der Waals surface area contributed by atoms with Crippen molar-refractivity contribution in [2.45, 2.75) is 0 Å². The van der Waals surface area contributed by atoms with Crippen LogP contribution < -0.4 is 16.8 Å². The van der Waals surface area contributed by atoms with Crippen molar-refractivity contribution in [1.82, 2.24) is 4.57 Å². The number of methoxy groups -OCH3 is 1. The Bertz CT molecular complexity index is 771. The number of urea groups is 1. The maximum Gasteiger partial charge on any atom is 0.357 e. The molecule has 0 spiro atoms. The van der Waals surface area contributed by atoms with Crippen LogP contribution in [-0.2, 0) is 4.74 Å². The number of nitriles is 1. The number of nitrogens with two attached hydrogens (primary N) is 2. The van der Waals surface area contributed by atoms with Gasteiger partial charge in [-0.15, -0.1) is 0 Å². The van der Waals surface area contributed by atoms with Crippen molar-refractivity contribution in [1.29, 1.82) is 5.26 Å². The molecule has 0 saturated carbocycles. The van der Waals surface area contributed by atoms with Gasteiger partial charge < -0.3 is 26.1 Å². The monoisotopic (exact) mass is 299 g/mol. The Morgan fingerprint density at radius 2 is 1.95 bits per heavy atom. The van der Waals surface area contributed by atoms with E-state index >= 15 is 0 Å². The summed E-state index contributed by atoms with van der Waals surface area (Å²) in [6.45, 7) is 0. The average molecular weight is 299 g/mol. The first-order valence-corrected chi connectivity index (χ1v) is 6.14. The molecule has 0 radical (unpaired) electrons. The maximum atomic E-state index is 11.9. The third-order valence-electron chi connectivity index (χ3n) is 2.96. The number of aromatic nitrogens is 1. The van der Waals surface area contributed by atoms with E-state index in [4.69, 9.17) is 21.5 Å². The minimum absolute atomic E-state index is 0.0497. The van der Waals surface area contributed by atoms with E-state index in [2.05, 4.69) is 5.32 Å². The molecular weight excluding hydrogens is 286 g/mol. The Morgan fingerprint density at radius 1 is 1.32 bits per heavy atom. The van der Waals surface area contributed by atoms with E-state index in [9.17, 15) is 9.59 Å². The zero-order valence-corrected chi connectivity index (χ0v) is 11.7. The second kappa shape index (κ2) is 5.88. The Hall–Kier alpha value is -3.47. The minimum Gasteiger partial charge on any atom is -0.464 e. The second-order valence-electron chi connectivity index (χ2n) is 4.31. The Balaban J connectivity index is 2.50. The lowest BCUT2D eigenvalue weighted by molar-refractivity contribution is 0.0593. The average Bonchev–Trinajstić information content (AvgIpc) is 2.83. The first-order chi connectivity index (χ1) is 10.5. The number of rotatable bonds is 3. The summed E-state index contributed by atoms with van der Waals surface area (Å²) in [5, 5.41) is 11.5. The van der Waals surface area contributed by atoms with Gasteiger partial charge in [-0.25, -0.2) is 9.59 Å². The lowest BCUT2D eigenvalue weighted by Gasteiger charge is -2.09. The van der Waals surface area contributed by atoms with Crippen molar-refractivity contribution in [3.05, 3.63) is 41.7 Å². The van der Waals surface area contributed by atoms with Crippen molar-refractivity contribution in [3.63, 3.8) is 0 Å². The van der Waals surface area contributed by atoms with E-state index in [0.717, 1.165) is 0 Å². The highest BCUT2D eigenvalue weighted by Crippen LogP contribution is 2.25. The standard InChI is InChI=1S/C14H13N5O3/c1-22-13(20)12-11(16)8(6-15)7-19(12)10-4-2-9(3-5-10)18-14(17)21/h2-5,7H,16H2,1H3,(H3,17,18,21). The van der Waals surface area contributed by atoms with Crippen molar-refractivity contribution in [2.75, 3.05) is 18.2 Å². The fourth-order valence-corrected chi connectivity index (χ4v) is 1.97. The van der Waals surface area contributed by atoms with Crippen molar-refractivity contribution >= 4 is 23.4 Å². The third-order valence-corrected chi connectivity index (χ3v) is 2.96. The molecule has 0 fully saturated rings.